The van der Waals surface area contributed by atoms with Gasteiger partial charge in [-0.2, -0.15) is 0 Å². The van der Waals surface area contributed by atoms with Crippen molar-refractivity contribution in [1.29, 1.82) is 0 Å². The molecular weight excluding hydrogens is 132 g/mol. The van der Waals surface area contributed by atoms with Crippen molar-refractivity contribution in [1.82, 2.24) is 0 Å². The number of aldehydes is 1. The van der Waals surface area contributed by atoms with Crippen LogP contribution in [0.5, 0.6) is 0 Å². The average Bonchev–Trinajstić information content (AvgIpc) is 2.40. The lowest BCUT2D eigenvalue weighted by atomic mass is 10.3. The highest BCUT2D eigenvalue weighted by Gasteiger charge is 2.18. The number of hydrogen-bond donors (Lipinski definition) is 0. The summed E-state index contributed by atoms with van der Waals surface area (Å²) in [5.74, 6) is -0.730. The van der Waals surface area contributed by atoms with E-state index < -0.39 is 5.97 Å². The van der Waals surface area contributed by atoms with Crippen LogP contribution in [0.1, 0.15) is 25.7 Å². The largest absolute Gasteiger partial charge is 0.457 e. The van der Waals surface area contributed by atoms with Crippen LogP contribution in [0.15, 0.2) is 0 Å². The summed E-state index contributed by atoms with van der Waals surface area (Å²) >= 11 is 0. The Morgan fingerprint density at radius 2 is 2.00 bits per heavy atom. The first-order valence-electron chi connectivity index (χ1n) is 3.48. The Kier molecular flexibility index (Phi) is 2.42. The molecule has 0 saturated heterocycles. The van der Waals surface area contributed by atoms with Crippen LogP contribution in [-0.4, -0.2) is 18.4 Å². The van der Waals surface area contributed by atoms with Gasteiger partial charge in [0.15, 0.2) is 0 Å². The number of esters is 1. The van der Waals surface area contributed by atoms with Crippen LogP contribution in [0.3, 0.4) is 0 Å². The predicted molar refractivity (Wildman–Crippen MR) is 34.4 cm³/mol. The Morgan fingerprint density at radius 3 is 2.50 bits per heavy atom. The molecule has 56 valence electrons. The number of ether oxygens (including phenoxy) is 1. The van der Waals surface area contributed by atoms with Crippen LogP contribution in [0.4, 0.5) is 0 Å². The Hall–Kier alpha value is -0.860. The smallest absolute Gasteiger partial charge is 0.371 e. The van der Waals surface area contributed by atoms with Gasteiger partial charge in [0.05, 0.1) is 0 Å². The first kappa shape index (κ1) is 7.25. The molecule has 0 amide bonds. The van der Waals surface area contributed by atoms with Crippen molar-refractivity contribution >= 4 is 12.3 Å². The van der Waals surface area contributed by atoms with E-state index in [1.807, 2.05) is 0 Å². The second kappa shape index (κ2) is 3.34. The maximum atomic E-state index is 10.4. The number of carbonyl (C=O) groups excluding carboxylic acids is 2. The van der Waals surface area contributed by atoms with Gasteiger partial charge >= 0.3 is 5.97 Å². The molecule has 0 atom stereocenters. The summed E-state index contributed by atoms with van der Waals surface area (Å²) in [7, 11) is 0. The van der Waals surface area contributed by atoms with E-state index in [-0.39, 0.29) is 12.4 Å². The molecule has 3 nitrogen and oxygen atoms in total. The topological polar surface area (TPSA) is 43.4 Å². The maximum Gasteiger partial charge on any atom is 0.371 e. The van der Waals surface area contributed by atoms with Gasteiger partial charge in [-0.25, -0.2) is 4.79 Å². The van der Waals surface area contributed by atoms with E-state index in [9.17, 15) is 9.59 Å². The van der Waals surface area contributed by atoms with Crippen molar-refractivity contribution < 1.29 is 14.3 Å². The first-order chi connectivity index (χ1) is 4.83. The monoisotopic (exact) mass is 142 g/mol. The summed E-state index contributed by atoms with van der Waals surface area (Å²) in [6, 6.07) is 0. The highest BCUT2D eigenvalue weighted by Crippen LogP contribution is 2.20. The van der Waals surface area contributed by atoms with Gasteiger partial charge in [-0.1, -0.05) is 0 Å². The third-order valence-electron chi connectivity index (χ3n) is 1.68. The van der Waals surface area contributed by atoms with Gasteiger partial charge in [0.2, 0.25) is 6.29 Å². The lowest BCUT2D eigenvalue weighted by Crippen LogP contribution is -2.14. The third-order valence-corrected chi connectivity index (χ3v) is 1.68. The van der Waals surface area contributed by atoms with Crippen molar-refractivity contribution in [3.8, 4) is 0 Å². The Labute approximate surface area is 59.4 Å². The minimum absolute atomic E-state index is 0.0118. The molecule has 0 aromatic rings. The van der Waals surface area contributed by atoms with Crippen LogP contribution in [-0.2, 0) is 14.3 Å². The summed E-state index contributed by atoms with van der Waals surface area (Å²) in [5, 5.41) is 0. The van der Waals surface area contributed by atoms with E-state index in [0.717, 1.165) is 25.7 Å². The number of hydrogen-bond acceptors (Lipinski definition) is 3. The molecule has 1 aliphatic carbocycles. The fourth-order valence-electron chi connectivity index (χ4n) is 1.20. The van der Waals surface area contributed by atoms with Gasteiger partial charge in [0.25, 0.3) is 0 Å². The quantitative estimate of drug-likeness (QED) is 0.323. The normalized spacial score (nSPS) is 18.8. The number of rotatable bonds is 2. The van der Waals surface area contributed by atoms with Gasteiger partial charge in [0.1, 0.15) is 6.10 Å². The second-order valence-electron chi connectivity index (χ2n) is 2.46. The van der Waals surface area contributed by atoms with Crippen molar-refractivity contribution in [2.24, 2.45) is 0 Å². The van der Waals surface area contributed by atoms with Crippen LogP contribution in [0.25, 0.3) is 0 Å². The zero-order valence-corrected chi connectivity index (χ0v) is 5.71. The van der Waals surface area contributed by atoms with E-state index in [1.54, 1.807) is 0 Å². The molecule has 1 fully saturated rings. The van der Waals surface area contributed by atoms with E-state index in [0.29, 0.717) is 0 Å². The Morgan fingerprint density at radius 1 is 1.40 bits per heavy atom. The number of carbonyl (C=O) groups is 2. The summed E-state index contributed by atoms with van der Waals surface area (Å²) < 4.78 is 4.75. The minimum atomic E-state index is -0.730. The van der Waals surface area contributed by atoms with Crippen molar-refractivity contribution in [3.05, 3.63) is 0 Å². The highest BCUT2D eigenvalue weighted by atomic mass is 16.5. The molecule has 10 heavy (non-hydrogen) atoms. The lowest BCUT2D eigenvalue weighted by molar-refractivity contribution is -0.152. The predicted octanol–water partition coefficient (Wildman–Crippen LogP) is 0.671. The molecule has 0 heterocycles. The summed E-state index contributed by atoms with van der Waals surface area (Å²) in [4.78, 5) is 20.2. The zero-order chi connectivity index (χ0) is 7.40. The highest BCUT2D eigenvalue weighted by molar-refractivity contribution is 6.20. The van der Waals surface area contributed by atoms with Crippen molar-refractivity contribution in [2.75, 3.05) is 0 Å². The van der Waals surface area contributed by atoms with Crippen LogP contribution in [0, 0.1) is 0 Å². The average molecular weight is 142 g/mol. The van der Waals surface area contributed by atoms with E-state index in [1.165, 1.54) is 0 Å². The molecule has 0 aliphatic heterocycles. The molecule has 0 aromatic carbocycles. The molecule has 1 aliphatic rings. The Balaban J connectivity index is 2.23. The molecule has 0 N–H and O–H groups in total. The molecule has 0 radical (unpaired) electrons. The summed E-state index contributed by atoms with van der Waals surface area (Å²) in [6.45, 7) is 0. The molecule has 1 saturated carbocycles. The Bertz CT molecular complexity index is 136. The van der Waals surface area contributed by atoms with Crippen LogP contribution in [0.2, 0.25) is 0 Å². The minimum Gasteiger partial charge on any atom is -0.457 e. The van der Waals surface area contributed by atoms with E-state index in [4.69, 9.17) is 4.74 Å². The van der Waals surface area contributed by atoms with E-state index in [2.05, 4.69) is 0 Å². The SMILES string of the molecule is O=CC(=O)OC1CCCC1. The van der Waals surface area contributed by atoms with E-state index >= 15 is 0 Å². The molecule has 3 heteroatoms. The fourth-order valence-corrected chi connectivity index (χ4v) is 1.20. The van der Waals surface area contributed by atoms with Gasteiger partial charge in [-0.15, -0.1) is 0 Å². The molecule has 0 aromatic heterocycles. The van der Waals surface area contributed by atoms with Crippen molar-refractivity contribution in [3.63, 3.8) is 0 Å². The van der Waals surface area contributed by atoms with Gasteiger partial charge in [-0.05, 0) is 25.7 Å². The van der Waals surface area contributed by atoms with Gasteiger partial charge < -0.3 is 4.74 Å². The standard InChI is InChI=1S/C7H10O3/c8-5-7(9)10-6-3-1-2-4-6/h5-6H,1-4H2. The summed E-state index contributed by atoms with van der Waals surface area (Å²) in [5.41, 5.74) is 0. The zero-order valence-electron chi connectivity index (χ0n) is 5.71. The molecule has 0 spiro atoms. The molecule has 0 unspecified atom stereocenters. The van der Waals surface area contributed by atoms with Crippen LogP contribution < -0.4 is 0 Å². The summed E-state index contributed by atoms with van der Waals surface area (Å²) in [6.07, 6.45) is 4.28. The molecule has 1 rings (SSSR count). The first-order valence-corrected chi connectivity index (χ1v) is 3.48. The fraction of sp³-hybridized carbons (Fsp3) is 0.714. The van der Waals surface area contributed by atoms with Crippen molar-refractivity contribution in [2.45, 2.75) is 31.8 Å². The lowest BCUT2D eigenvalue weighted by Gasteiger charge is -2.06. The second-order valence-corrected chi connectivity index (χ2v) is 2.46. The van der Waals surface area contributed by atoms with Crippen LogP contribution >= 0.6 is 0 Å². The van der Waals surface area contributed by atoms with Gasteiger partial charge in [0, 0.05) is 0 Å². The third kappa shape index (κ3) is 1.83. The maximum absolute atomic E-state index is 10.4. The van der Waals surface area contributed by atoms with Gasteiger partial charge in [-0.3, -0.25) is 4.79 Å². The molecular formula is C7H10O3. The molecule has 0 bridgehead atoms.